The first-order valence-electron chi connectivity index (χ1n) is 16.9. The second kappa shape index (κ2) is 16.9. The van der Waals surface area contributed by atoms with E-state index in [0.29, 0.717) is 30.4 Å². The molecule has 1 amide bonds. The summed E-state index contributed by atoms with van der Waals surface area (Å²) in [5, 5.41) is 21.6. The molecule has 0 heterocycles. The molecule has 0 aromatic carbocycles. The number of amides is 1. The highest BCUT2D eigenvalue weighted by atomic mass is 16.5. The highest BCUT2D eigenvalue weighted by Crippen LogP contribution is 2.60. The fourth-order valence-electron chi connectivity index (χ4n) is 7.86. The van der Waals surface area contributed by atoms with Crippen LogP contribution in [0, 0.1) is 23.2 Å². The first-order valence-corrected chi connectivity index (χ1v) is 16.9. The third-order valence-corrected chi connectivity index (χ3v) is 10.3. The van der Waals surface area contributed by atoms with Crippen molar-refractivity contribution >= 4 is 11.9 Å². The van der Waals surface area contributed by atoms with Gasteiger partial charge in [0.15, 0.2) is 0 Å². The zero-order chi connectivity index (χ0) is 31.5. The van der Waals surface area contributed by atoms with Crippen molar-refractivity contribution in [3.8, 4) is 0 Å². The number of nitrogens with one attached hydrogen (secondary N) is 1. The zero-order valence-electron chi connectivity index (χ0n) is 27.4. The third-order valence-electron chi connectivity index (χ3n) is 10.3. The normalized spacial score (nSPS) is 28.7. The molecule has 0 aromatic heterocycles. The summed E-state index contributed by atoms with van der Waals surface area (Å²) in [5.74, 6) is 1.15. The van der Waals surface area contributed by atoms with Crippen LogP contribution in [-0.4, -0.2) is 60.2 Å². The molecule has 0 aliphatic heterocycles. The number of carboxylic acids is 1. The van der Waals surface area contributed by atoms with Crippen LogP contribution in [0.2, 0.25) is 0 Å². The summed E-state index contributed by atoms with van der Waals surface area (Å²) in [5.41, 5.74) is 4.00. The first-order chi connectivity index (χ1) is 20.4. The van der Waals surface area contributed by atoms with E-state index in [9.17, 15) is 14.7 Å². The minimum Gasteiger partial charge on any atom is -0.481 e. The van der Waals surface area contributed by atoms with Gasteiger partial charge in [0.2, 0.25) is 5.91 Å². The predicted octanol–water partition coefficient (Wildman–Crippen LogP) is 7.15. The standard InChI is InChI=1S/C36H59NO6/c1-26-11-14-30(43-22-8-21-37-33(38)17-23-42-24-18-34(39)40)25-29(26)13-12-28-10-7-20-36(5)31(15-16-32(28)36)27(2)9-6-19-35(3,4)41/h12-13,27,30-32,41H,1,6-11,14-25H2,2-5H3,(H,37,38)(H,39,40)/b28-12+,29-13-/t27-,30+,31-,32+,36-/m1/s1. The molecule has 43 heavy (non-hydrogen) atoms. The zero-order valence-corrected chi connectivity index (χ0v) is 27.4. The summed E-state index contributed by atoms with van der Waals surface area (Å²) < 4.78 is 11.4. The van der Waals surface area contributed by atoms with Gasteiger partial charge in [0.1, 0.15) is 0 Å². The Balaban J connectivity index is 1.43. The van der Waals surface area contributed by atoms with E-state index in [0.717, 1.165) is 44.4 Å². The number of hydrogen-bond donors (Lipinski definition) is 3. The van der Waals surface area contributed by atoms with Gasteiger partial charge >= 0.3 is 5.97 Å². The van der Waals surface area contributed by atoms with Crippen LogP contribution in [0.1, 0.15) is 118 Å². The van der Waals surface area contributed by atoms with E-state index in [4.69, 9.17) is 14.6 Å². The molecule has 7 heteroatoms. The van der Waals surface area contributed by atoms with Crippen molar-refractivity contribution in [3.63, 3.8) is 0 Å². The van der Waals surface area contributed by atoms with Crippen molar-refractivity contribution in [2.24, 2.45) is 23.2 Å². The smallest absolute Gasteiger partial charge is 0.305 e. The van der Waals surface area contributed by atoms with Gasteiger partial charge in [-0.15, -0.1) is 0 Å². The molecule has 0 unspecified atom stereocenters. The predicted molar refractivity (Wildman–Crippen MR) is 172 cm³/mol. The van der Waals surface area contributed by atoms with E-state index >= 15 is 0 Å². The van der Waals surface area contributed by atoms with E-state index < -0.39 is 11.6 Å². The summed E-state index contributed by atoms with van der Waals surface area (Å²) in [4.78, 5) is 22.4. The summed E-state index contributed by atoms with van der Waals surface area (Å²) in [6.45, 7) is 14.7. The summed E-state index contributed by atoms with van der Waals surface area (Å²) >= 11 is 0. The highest BCUT2D eigenvalue weighted by molar-refractivity contribution is 5.75. The number of allylic oxidation sites excluding steroid dienone is 4. The minimum atomic E-state index is -0.901. The van der Waals surface area contributed by atoms with Crippen LogP contribution >= 0.6 is 0 Å². The number of rotatable bonds is 17. The maximum atomic E-state index is 11.9. The lowest BCUT2D eigenvalue weighted by atomic mass is 9.60. The molecular weight excluding hydrogens is 542 g/mol. The number of carbonyl (C=O) groups is 2. The Morgan fingerprint density at radius 3 is 2.63 bits per heavy atom. The Morgan fingerprint density at radius 2 is 1.88 bits per heavy atom. The number of aliphatic hydroxyl groups is 1. The molecule has 0 spiro atoms. The maximum absolute atomic E-state index is 11.9. The molecule has 3 aliphatic rings. The molecule has 244 valence electrons. The SMILES string of the molecule is C=C1CC[C@H](OCCCNC(=O)CCOCCC(=O)O)C/C1=C/C=C1\CCC[C@]2(C)[C@@H]([C@H](C)CCCC(C)(C)O)CC[C@@H]12. The van der Waals surface area contributed by atoms with Crippen LogP contribution in [0.25, 0.3) is 0 Å². The lowest BCUT2D eigenvalue weighted by Crippen LogP contribution is -2.36. The van der Waals surface area contributed by atoms with Gasteiger partial charge < -0.3 is 25.0 Å². The molecule has 0 bridgehead atoms. The number of carbonyl (C=O) groups excluding carboxylic acids is 1. The Morgan fingerprint density at radius 1 is 1.12 bits per heavy atom. The van der Waals surface area contributed by atoms with Crippen LogP contribution in [-0.2, 0) is 19.1 Å². The highest BCUT2D eigenvalue weighted by Gasteiger charge is 2.50. The van der Waals surface area contributed by atoms with Gasteiger partial charge in [-0.25, -0.2) is 0 Å². The van der Waals surface area contributed by atoms with Crippen molar-refractivity contribution in [1.82, 2.24) is 5.32 Å². The van der Waals surface area contributed by atoms with Crippen molar-refractivity contribution in [2.75, 3.05) is 26.4 Å². The van der Waals surface area contributed by atoms with Gasteiger partial charge in [0.25, 0.3) is 0 Å². The van der Waals surface area contributed by atoms with Crippen LogP contribution in [0.5, 0.6) is 0 Å². The second-order valence-electron chi connectivity index (χ2n) is 14.3. The van der Waals surface area contributed by atoms with Crippen molar-refractivity contribution in [1.29, 1.82) is 0 Å². The number of carboxylic acid groups (broad SMARTS) is 1. The van der Waals surface area contributed by atoms with Gasteiger partial charge in [0, 0.05) is 19.6 Å². The van der Waals surface area contributed by atoms with E-state index in [1.54, 1.807) is 5.57 Å². The first kappa shape index (κ1) is 35.5. The molecule has 7 nitrogen and oxygen atoms in total. The largest absolute Gasteiger partial charge is 0.481 e. The van der Waals surface area contributed by atoms with E-state index in [1.807, 2.05) is 13.8 Å². The molecule has 3 saturated carbocycles. The Hall–Kier alpha value is -1.96. The number of ether oxygens (including phenoxy) is 2. The Bertz CT molecular complexity index is 994. The lowest BCUT2D eigenvalue weighted by Gasteiger charge is -2.44. The molecule has 3 aliphatic carbocycles. The fourth-order valence-corrected chi connectivity index (χ4v) is 7.86. The lowest BCUT2D eigenvalue weighted by molar-refractivity contribution is -0.138. The molecule has 0 aromatic rings. The monoisotopic (exact) mass is 601 g/mol. The molecule has 0 radical (unpaired) electrons. The Labute approximate surface area is 260 Å². The van der Waals surface area contributed by atoms with Crippen molar-refractivity contribution in [3.05, 3.63) is 35.5 Å². The minimum absolute atomic E-state index is 0.0479. The molecule has 3 N–H and O–H groups in total. The van der Waals surface area contributed by atoms with Crippen LogP contribution in [0.3, 0.4) is 0 Å². The van der Waals surface area contributed by atoms with Crippen molar-refractivity contribution in [2.45, 2.75) is 129 Å². The molecule has 3 rings (SSSR count). The number of fused-ring (bicyclic) bond motifs is 1. The average molecular weight is 602 g/mol. The third kappa shape index (κ3) is 11.5. The van der Waals surface area contributed by atoms with Crippen LogP contribution in [0.4, 0.5) is 0 Å². The second-order valence-corrected chi connectivity index (χ2v) is 14.3. The quantitative estimate of drug-likeness (QED) is 0.153. The average Bonchev–Trinajstić information content (AvgIpc) is 3.29. The topological polar surface area (TPSA) is 105 Å². The van der Waals surface area contributed by atoms with Gasteiger partial charge in [-0.2, -0.15) is 0 Å². The summed E-state index contributed by atoms with van der Waals surface area (Å²) in [6.07, 6.45) is 18.4. The molecule has 5 atom stereocenters. The molecule has 3 fully saturated rings. The van der Waals surface area contributed by atoms with Crippen molar-refractivity contribution < 1.29 is 29.3 Å². The maximum Gasteiger partial charge on any atom is 0.305 e. The summed E-state index contributed by atoms with van der Waals surface area (Å²) in [6, 6.07) is 0. The van der Waals surface area contributed by atoms with E-state index in [1.165, 1.54) is 49.7 Å². The van der Waals surface area contributed by atoms with Gasteiger partial charge in [-0.05, 0) is 107 Å². The van der Waals surface area contributed by atoms with Gasteiger partial charge in [-0.1, -0.05) is 56.6 Å². The number of aliphatic carboxylic acids is 1. The fraction of sp³-hybridized carbons (Fsp3) is 0.778. The van der Waals surface area contributed by atoms with E-state index in [2.05, 4.69) is 37.9 Å². The van der Waals surface area contributed by atoms with Gasteiger partial charge in [0.05, 0.1) is 31.3 Å². The van der Waals surface area contributed by atoms with E-state index in [-0.39, 0.29) is 38.1 Å². The molecular formula is C36H59NO6. The molecule has 0 saturated heterocycles. The Kier molecular flexibility index (Phi) is 14.0. The number of hydrogen-bond acceptors (Lipinski definition) is 5. The summed E-state index contributed by atoms with van der Waals surface area (Å²) in [7, 11) is 0. The van der Waals surface area contributed by atoms with Crippen LogP contribution < -0.4 is 5.32 Å². The van der Waals surface area contributed by atoms with Crippen LogP contribution in [0.15, 0.2) is 35.5 Å². The van der Waals surface area contributed by atoms with Gasteiger partial charge in [-0.3, -0.25) is 9.59 Å².